The van der Waals surface area contributed by atoms with Crippen molar-refractivity contribution in [2.24, 2.45) is 11.8 Å². The van der Waals surface area contributed by atoms with Crippen LogP contribution in [-0.4, -0.2) is 11.9 Å². The van der Waals surface area contributed by atoms with Gasteiger partial charge < -0.3 is 5.32 Å². The van der Waals surface area contributed by atoms with Gasteiger partial charge in [0.15, 0.2) is 0 Å². The molecule has 0 spiro atoms. The summed E-state index contributed by atoms with van der Waals surface area (Å²) in [6.45, 7) is 4.18. The maximum atomic E-state index is 12.3. The summed E-state index contributed by atoms with van der Waals surface area (Å²) >= 11 is 0. The van der Waals surface area contributed by atoms with Gasteiger partial charge in [-0.3, -0.25) is 10.1 Å². The Hall–Kier alpha value is -1.61. The Labute approximate surface area is 114 Å². The fourth-order valence-electron chi connectivity index (χ4n) is 3.19. The number of aryl methyl sites for hydroxylation is 1. The maximum Gasteiger partial charge on any atom is 0.226 e. The van der Waals surface area contributed by atoms with Gasteiger partial charge in [-0.25, -0.2) is 0 Å². The van der Waals surface area contributed by atoms with Crippen LogP contribution in [-0.2, 0) is 4.79 Å². The summed E-state index contributed by atoms with van der Waals surface area (Å²) in [5.41, 5.74) is 2.35. The van der Waals surface area contributed by atoms with Crippen molar-refractivity contribution in [2.45, 2.75) is 32.5 Å². The number of allylic oxidation sites excluding steroid dienone is 1. The molecule has 4 unspecified atom stereocenters. The van der Waals surface area contributed by atoms with Crippen molar-refractivity contribution in [3.8, 4) is 0 Å². The van der Waals surface area contributed by atoms with Gasteiger partial charge in [-0.2, -0.15) is 0 Å². The molecule has 0 saturated carbocycles. The topological polar surface area (TPSA) is 41.1 Å². The summed E-state index contributed by atoms with van der Waals surface area (Å²) in [7, 11) is 0. The summed E-state index contributed by atoms with van der Waals surface area (Å²) in [6, 6.07) is 8.55. The Morgan fingerprint density at radius 2 is 2.16 bits per heavy atom. The summed E-state index contributed by atoms with van der Waals surface area (Å²) in [5, 5.41) is 6.68. The van der Waals surface area contributed by atoms with Gasteiger partial charge >= 0.3 is 0 Å². The second-order valence-corrected chi connectivity index (χ2v) is 5.68. The van der Waals surface area contributed by atoms with Crippen LogP contribution in [0.1, 0.15) is 30.6 Å². The van der Waals surface area contributed by atoms with Gasteiger partial charge in [0.2, 0.25) is 5.91 Å². The predicted octanol–water partition coefficient (Wildman–Crippen LogP) is 2.29. The van der Waals surface area contributed by atoms with E-state index in [1.807, 2.05) is 6.07 Å². The largest absolute Gasteiger partial charge is 0.336 e. The van der Waals surface area contributed by atoms with Crippen LogP contribution in [0.4, 0.5) is 0 Å². The molecule has 1 amide bonds. The van der Waals surface area contributed by atoms with Crippen molar-refractivity contribution in [1.82, 2.24) is 10.6 Å². The number of rotatable bonds is 1. The van der Waals surface area contributed by atoms with Gasteiger partial charge in [0.1, 0.15) is 6.17 Å². The molecule has 0 radical (unpaired) electrons. The lowest BCUT2D eigenvalue weighted by Gasteiger charge is -2.41. The highest BCUT2D eigenvalue weighted by Crippen LogP contribution is 2.30. The SMILES string of the molecule is Cc1cccc(C2NC(=O)C3C(C)C=CCC3N2)c1. The minimum atomic E-state index is -0.0626. The average Bonchev–Trinajstić information content (AvgIpc) is 2.38. The van der Waals surface area contributed by atoms with Crippen LogP contribution in [0.2, 0.25) is 0 Å². The van der Waals surface area contributed by atoms with E-state index in [1.165, 1.54) is 5.56 Å². The van der Waals surface area contributed by atoms with Crippen LogP contribution in [0.15, 0.2) is 36.4 Å². The molecule has 1 aromatic rings. The number of nitrogens with one attached hydrogen (secondary N) is 2. The third kappa shape index (κ3) is 2.30. The second kappa shape index (κ2) is 4.82. The van der Waals surface area contributed by atoms with Gasteiger partial charge in [-0.05, 0) is 24.8 Å². The zero-order valence-corrected chi connectivity index (χ0v) is 11.4. The van der Waals surface area contributed by atoms with Gasteiger partial charge in [-0.15, -0.1) is 0 Å². The molecule has 2 aliphatic rings. The number of hydrogen-bond donors (Lipinski definition) is 2. The van der Waals surface area contributed by atoms with Crippen molar-refractivity contribution < 1.29 is 4.79 Å². The number of benzene rings is 1. The molecule has 100 valence electrons. The lowest BCUT2D eigenvalue weighted by atomic mass is 9.79. The first kappa shape index (κ1) is 12.4. The van der Waals surface area contributed by atoms with E-state index in [9.17, 15) is 4.79 Å². The molecular formula is C16H20N2O. The molecule has 1 saturated heterocycles. The molecule has 2 N–H and O–H groups in total. The van der Waals surface area contributed by atoms with E-state index in [4.69, 9.17) is 0 Å². The summed E-state index contributed by atoms with van der Waals surface area (Å²) in [5.74, 6) is 0.544. The van der Waals surface area contributed by atoms with E-state index in [0.29, 0.717) is 5.92 Å². The van der Waals surface area contributed by atoms with E-state index < -0.39 is 0 Å². The van der Waals surface area contributed by atoms with Gasteiger partial charge in [0.05, 0.1) is 5.92 Å². The van der Waals surface area contributed by atoms with Crippen LogP contribution in [0.3, 0.4) is 0 Å². The molecule has 3 heteroatoms. The first-order valence-corrected chi connectivity index (χ1v) is 6.95. The summed E-state index contributed by atoms with van der Waals surface area (Å²) in [6.07, 6.45) is 5.21. The molecule has 3 rings (SSSR count). The van der Waals surface area contributed by atoms with Crippen molar-refractivity contribution in [2.75, 3.05) is 0 Å². The lowest BCUT2D eigenvalue weighted by Crippen LogP contribution is -2.58. The predicted molar refractivity (Wildman–Crippen MR) is 75.4 cm³/mol. The lowest BCUT2D eigenvalue weighted by molar-refractivity contribution is -0.131. The quantitative estimate of drug-likeness (QED) is 0.757. The third-order valence-corrected chi connectivity index (χ3v) is 4.18. The Kier molecular flexibility index (Phi) is 3.15. The number of fused-ring (bicyclic) bond motifs is 1. The van der Waals surface area contributed by atoms with Gasteiger partial charge in [0.25, 0.3) is 0 Å². The molecule has 1 aliphatic heterocycles. The molecule has 3 nitrogen and oxygen atoms in total. The third-order valence-electron chi connectivity index (χ3n) is 4.18. The molecule has 1 aliphatic carbocycles. The van der Waals surface area contributed by atoms with Crippen LogP contribution in [0.25, 0.3) is 0 Å². The first-order valence-electron chi connectivity index (χ1n) is 6.95. The molecule has 1 aromatic carbocycles. The van der Waals surface area contributed by atoms with Crippen molar-refractivity contribution in [3.05, 3.63) is 47.5 Å². The van der Waals surface area contributed by atoms with Crippen molar-refractivity contribution in [3.63, 3.8) is 0 Å². The first-order chi connectivity index (χ1) is 9.15. The zero-order valence-electron chi connectivity index (χ0n) is 11.4. The van der Waals surface area contributed by atoms with Crippen LogP contribution in [0.5, 0.6) is 0 Å². The molecule has 1 heterocycles. The molecule has 0 aromatic heterocycles. The van der Waals surface area contributed by atoms with Gasteiger partial charge in [-0.1, -0.05) is 48.9 Å². The Balaban J connectivity index is 1.84. The minimum Gasteiger partial charge on any atom is -0.336 e. The van der Waals surface area contributed by atoms with E-state index >= 15 is 0 Å². The van der Waals surface area contributed by atoms with Crippen LogP contribution < -0.4 is 10.6 Å². The number of amides is 1. The normalized spacial score (nSPS) is 33.7. The molecule has 19 heavy (non-hydrogen) atoms. The van der Waals surface area contributed by atoms with E-state index in [0.717, 1.165) is 12.0 Å². The standard InChI is InChI=1S/C16H20N2O/c1-10-5-3-7-12(9-10)15-17-13-8-4-6-11(2)14(13)16(19)18-15/h3-7,9,11,13-15,17H,8H2,1-2H3,(H,18,19). The van der Waals surface area contributed by atoms with E-state index in [2.05, 4.69) is 54.8 Å². The second-order valence-electron chi connectivity index (χ2n) is 5.68. The summed E-state index contributed by atoms with van der Waals surface area (Å²) < 4.78 is 0. The van der Waals surface area contributed by atoms with E-state index in [-0.39, 0.29) is 24.0 Å². The monoisotopic (exact) mass is 256 g/mol. The molecule has 1 fully saturated rings. The minimum absolute atomic E-state index is 0.0612. The zero-order chi connectivity index (χ0) is 13.4. The maximum absolute atomic E-state index is 12.3. The van der Waals surface area contributed by atoms with Gasteiger partial charge in [0, 0.05) is 6.04 Å². The molecular weight excluding hydrogens is 236 g/mol. The smallest absolute Gasteiger partial charge is 0.226 e. The number of carbonyl (C=O) groups is 1. The van der Waals surface area contributed by atoms with Crippen molar-refractivity contribution in [1.29, 1.82) is 0 Å². The Morgan fingerprint density at radius 1 is 1.32 bits per heavy atom. The number of hydrogen-bond acceptors (Lipinski definition) is 2. The average molecular weight is 256 g/mol. The van der Waals surface area contributed by atoms with Crippen LogP contribution in [0, 0.1) is 18.8 Å². The number of carbonyl (C=O) groups excluding carboxylic acids is 1. The highest BCUT2D eigenvalue weighted by Gasteiger charge is 2.39. The highest BCUT2D eigenvalue weighted by molar-refractivity contribution is 5.81. The van der Waals surface area contributed by atoms with E-state index in [1.54, 1.807) is 0 Å². The fraction of sp³-hybridized carbons (Fsp3) is 0.438. The Bertz CT molecular complexity index is 523. The summed E-state index contributed by atoms with van der Waals surface area (Å²) in [4.78, 5) is 12.3. The van der Waals surface area contributed by atoms with Crippen LogP contribution >= 0.6 is 0 Å². The fourth-order valence-corrected chi connectivity index (χ4v) is 3.19. The van der Waals surface area contributed by atoms with Crippen molar-refractivity contribution >= 4 is 5.91 Å². The molecule has 0 bridgehead atoms. The highest BCUT2D eigenvalue weighted by atomic mass is 16.2. The molecule has 4 atom stereocenters. The Morgan fingerprint density at radius 3 is 2.95 bits per heavy atom.